The Kier molecular flexibility index (Phi) is 4.45. The average Bonchev–Trinajstić information content (AvgIpc) is 3.00. The molecule has 0 amide bonds. The highest BCUT2D eigenvalue weighted by atomic mass is 16.5. The van der Waals surface area contributed by atoms with E-state index in [1.165, 1.54) is 45.2 Å². The molecule has 2 unspecified atom stereocenters. The first-order valence-electron chi connectivity index (χ1n) is 7.30. The van der Waals surface area contributed by atoms with Gasteiger partial charge in [-0.1, -0.05) is 13.8 Å². The van der Waals surface area contributed by atoms with Crippen LogP contribution in [0.15, 0.2) is 0 Å². The second-order valence-electron chi connectivity index (χ2n) is 5.78. The first-order valence-corrected chi connectivity index (χ1v) is 7.30. The van der Waals surface area contributed by atoms with E-state index >= 15 is 0 Å². The van der Waals surface area contributed by atoms with E-state index in [2.05, 4.69) is 18.7 Å². The molecular weight excluding hydrogens is 212 g/mol. The van der Waals surface area contributed by atoms with Crippen molar-refractivity contribution in [1.29, 1.82) is 0 Å². The van der Waals surface area contributed by atoms with Crippen molar-refractivity contribution < 1.29 is 4.74 Å². The fourth-order valence-electron chi connectivity index (χ4n) is 3.52. The van der Waals surface area contributed by atoms with E-state index < -0.39 is 0 Å². The van der Waals surface area contributed by atoms with Crippen molar-refractivity contribution in [3.8, 4) is 0 Å². The fourth-order valence-corrected chi connectivity index (χ4v) is 3.52. The number of likely N-dealkylation sites (tertiary alicyclic amines) is 1. The molecule has 0 aromatic rings. The highest BCUT2D eigenvalue weighted by Crippen LogP contribution is 2.38. The molecule has 3 nitrogen and oxygen atoms in total. The van der Waals surface area contributed by atoms with Gasteiger partial charge in [0, 0.05) is 25.7 Å². The Balaban J connectivity index is 1.97. The highest BCUT2D eigenvalue weighted by Gasteiger charge is 2.40. The first-order chi connectivity index (χ1) is 8.24. The summed E-state index contributed by atoms with van der Waals surface area (Å²) in [5.74, 6) is 0. The van der Waals surface area contributed by atoms with E-state index in [0.29, 0.717) is 17.6 Å². The number of ether oxygens (including phenoxy) is 1. The predicted octanol–water partition coefficient (Wildman–Crippen LogP) is 2.00. The average molecular weight is 240 g/mol. The van der Waals surface area contributed by atoms with Crippen LogP contribution in [-0.4, -0.2) is 43.3 Å². The SMILES string of the molecule is CCC1(CC)CCN(C(CN)C2CCCO2)C1. The maximum Gasteiger partial charge on any atom is 0.0743 e. The molecule has 2 saturated heterocycles. The maximum absolute atomic E-state index is 5.98. The summed E-state index contributed by atoms with van der Waals surface area (Å²) in [7, 11) is 0. The lowest BCUT2D eigenvalue weighted by Crippen LogP contribution is -2.47. The van der Waals surface area contributed by atoms with Crippen LogP contribution in [0, 0.1) is 5.41 Å². The molecule has 0 bridgehead atoms. The van der Waals surface area contributed by atoms with Crippen LogP contribution < -0.4 is 5.73 Å². The summed E-state index contributed by atoms with van der Waals surface area (Å²) in [6.07, 6.45) is 6.73. The maximum atomic E-state index is 5.98. The smallest absolute Gasteiger partial charge is 0.0743 e. The van der Waals surface area contributed by atoms with Gasteiger partial charge in [-0.15, -0.1) is 0 Å². The lowest BCUT2D eigenvalue weighted by molar-refractivity contribution is 0.0315. The summed E-state index contributed by atoms with van der Waals surface area (Å²) in [4.78, 5) is 2.60. The minimum atomic E-state index is 0.393. The van der Waals surface area contributed by atoms with Crippen LogP contribution in [0.5, 0.6) is 0 Å². The van der Waals surface area contributed by atoms with Crippen molar-refractivity contribution in [2.45, 2.75) is 58.1 Å². The van der Waals surface area contributed by atoms with Crippen molar-refractivity contribution >= 4 is 0 Å². The van der Waals surface area contributed by atoms with Gasteiger partial charge in [0.2, 0.25) is 0 Å². The summed E-state index contributed by atoms with van der Waals surface area (Å²) in [5.41, 5.74) is 6.53. The number of hydrogen-bond donors (Lipinski definition) is 1. The van der Waals surface area contributed by atoms with Gasteiger partial charge in [-0.05, 0) is 44.1 Å². The van der Waals surface area contributed by atoms with Gasteiger partial charge in [0.1, 0.15) is 0 Å². The van der Waals surface area contributed by atoms with Crippen LogP contribution in [0.4, 0.5) is 0 Å². The quantitative estimate of drug-likeness (QED) is 0.799. The third-order valence-corrected chi connectivity index (χ3v) is 5.07. The molecule has 2 fully saturated rings. The van der Waals surface area contributed by atoms with Crippen molar-refractivity contribution in [3.63, 3.8) is 0 Å². The van der Waals surface area contributed by atoms with Crippen LogP contribution >= 0.6 is 0 Å². The number of nitrogens with zero attached hydrogens (tertiary/aromatic N) is 1. The fraction of sp³-hybridized carbons (Fsp3) is 1.00. The van der Waals surface area contributed by atoms with Gasteiger partial charge in [-0.2, -0.15) is 0 Å². The summed E-state index contributed by atoms with van der Waals surface area (Å²) in [6, 6.07) is 0.456. The third kappa shape index (κ3) is 2.67. The van der Waals surface area contributed by atoms with Crippen LogP contribution in [-0.2, 0) is 4.74 Å². The first kappa shape index (κ1) is 13.3. The second kappa shape index (κ2) is 5.68. The van der Waals surface area contributed by atoms with E-state index in [9.17, 15) is 0 Å². The van der Waals surface area contributed by atoms with Crippen LogP contribution in [0.3, 0.4) is 0 Å². The molecule has 2 heterocycles. The molecule has 2 aliphatic heterocycles. The van der Waals surface area contributed by atoms with Crippen molar-refractivity contribution in [1.82, 2.24) is 4.90 Å². The molecule has 100 valence electrons. The molecule has 0 spiro atoms. The van der Waals surface area contributed by atoms with Crippen molar-refractivity contribution in [2.24, 2.45) is 11.1 Å². The Morgan fingerprint density at radius 2 is 2.18 bits per heavy atom. The number of nitrogens with two attached hydrogens (primary N) is 1. The molecule has 0 radical (unpaired) electrons. The van der Waals surface area contributed by atoms with E-state index in [-0.39, 0.29) is 0 Å². The number of hydrogen-bond acceptors (Lipinski definition) is 3. The summed E-state index contributed by atoms with van der Waals surface area (Å²) < 4.78 is 5.83. The van der Waals surface area contributed by atoms with E-state index in [4.69, 9.17) is 10.5 Å². The van der Waals surface area contributed by atoms with E-state index in [1.54, 1.807) is 0 Å². The topological polar surface area (TPSA) is 38.5 Å². The molecule has 2 N–H and O–H groups in total. The minimum Gasteiger partial charge on any atom is -0.377 e. The molecule has 2 rings (SSSR count). The van der Waals surface area contributed by atoms with E-state index in [0.717, 1.165) is 13.2 Å². The highest BCUT2D eigenvalue weighted by molar-refractivity contribution is 4.94. The predicted molar refractivity (Wildman–Crippen MR) is 71.0 cm³/mol. The van der Waals surface area contributed by atoms with Crippen LogP contribution in [0.25, 0.3) is 0 Å². The lowest BCUT2D eigenvalue weighted by atomic mass is 9.82. The second-order valence-corrected chi connectivity index (χ2v) is 5.78. The third-order valence-electron chi connectivity index (χ3n) is 5.07. The Hall–Kier alpha value is -0.120. The zero-order valence-corrected chi connectivity index (χ0v) is 11.5. The summed E-state index contributed by atoms with van der Waals surface area (Å²) in [6.45, 7) is 8.77. The molecule has 2 atom stereocenters. The van der Waals surface area contributed by atoms with Gasteiger partial charge in [-0.25, -0.2) is 0 Å². The van der Waals surface area contributed by atoms with Crippen LogP contribution in [0.1, 0.15) is 46.0 Å². The Morgan fingerprint density at radius 3 is 2.65 bits per heavy atom. The Labute approximate surface area is 106 Å². The zero-order chi connectivity index (χ0) is 12.3. The van der Waals surface area contributed by atoms with E-state index in [1.807, 2.05) is 0 Å². The monoisotopic (exact) mass is 240 g/mol. The molecule has 0 saturated carbocycles. The van der Waals surface area contributed by atoms with Gasteiger partial charge in [0.15, 0.2) is 0 Å². The normalized spacial score (nSPS) is 30.9. The van der Waals surface area contributed by atoms with Gasteiger partial charge >= 0.3 is 0 Å². The van der Waals surface area contributed by atoms with Crippen molar-refractivity contribution in [2.75, 3.05) is 26.2 Å². The summed E-state index contributed by atoms with van der Waals surface area (Å²) in [5, 5.41) is 0. The van der Waals surface area contributed by atoms with Crippen LogP contribution in [0.2, 0.25) is 0 Å². The molecular formula is C14H28N2O. The lowest BCUT2D eigenvalue weighted by Gasteiger charge is -2.33. The molecule has 0 aromatic carbocycles. The molecule has 0 aromatic heterocycles. The van der Waals surface area contributed by atoms with Gasteiger partial charge < -0.3 is 10.5 Å². The molecule has 2 aliphatic rings. The summed E-state index contributed by atoms with van der Waals surface area (Å²) >= 11 is 0. The van der Waals surface area contributed by atoms with Gasteiger partial charge in [-0.3, -0.25) is 4.90 Å². The number of rotatable bonds is 5. The largest absolute Gasteiger partial charge is 0.377 e. The molecule has 3 heteroatoms. The zero-order valence-electron chi connectivity index (χ0n) is 11.5. The Bertz CT molecular complexity index is 234. The van der Waals surface area contributed by atoms with Crippen molar-refractivity contribution in [3.05, 3.63) is 0 Å². The Morgan fingerprint density at radius 1 is 1.41 bits per heavy atom. The standard InChI is InChI=1S/C14H28N2O/c1-3-14(4-2)7-8-16(11-14)12(10-15)13-6-5-9-17-13/h12-13H,3-11,15H2,1-2H3. The minimum absolute atomic E-state index is 0.393. The molecule has 0 aliphatic carbocycles. The van der Waals surface area contributed by atoms with Gasteiger partial charge in [0.05, 0.1) is 6.10 Å². The molecule has 17 heavy (non-hydrogen) atoms. The van der Waals surface area contributed by atoms with Gasteiger partial charge in [0.25, 0.3) is 0 Å².